The van der Waals surface area contributed by atoms with Crippen molar-refractivity contribution in [3.05, 3.63) is 58.4 Å². The van der Waals surface area contributed by atoms with Crippen molar-refractivity contribution in [2.45, 2.75) is 30.4 Å². The number of fused-ring (bicyclic) bond motifs is 1. The number of halogens is 4. The first kappa shape index (κ1) is 21.0. The van der Waals surface area contributed by atoms with Crippen molar-refractivity contribution in [2.75, 3.05) is 18.0 Å². The number of amides is 1. The highest BCUT2D eigenvalue weighted by atomic mass is 35.5. The molecule has 2 aromatic rings. The van der Waals surface area contributed by atoms with Gasteiger partial charge in [0.25, 0.3) is 0 Å². The molecule has 2 aliphatic rings. The Morgan fingerprint density at radius 1 is 1.00 bits per heavy atom. The third-order valence-electron chi connectivity index (χ3n) is 5.23. The van der Waals surface area contributed by atoms with Crippen LogP contribution in [0.1, 0.15) is 18.4 Å². The molecule has 160 valence electrons. The lowest BCUT2D eigenvalue weighted by molar-refractivity contribution is 0.136. The van der Waals surface area contributed by atoms with Gasteiger partial charge in [-0.2, -0.15) is 4.31 Å². The minimum atomic E-state index is -4.37. The summed E-state index contributed by atoms with van der Waals surface area (Å²) in [6.07, 6.45) is -0.0404. The van der Waals surface area contributed by atoms with Gasteiger partial charge in [0.15, 0.2) is 11.6 Å². The van der Waals surface area contributed by atoms with Crippen LogP contribution < -0.4 is 4.90 Å². The molecule has 2 aliphatic heterocycles. The first-order valence-electron chi connectivity index (χ1n) is 9.07. The van der Waals surface area contributed by atoms with Crippen molar-refractivity contribution >= 4 is 33.4 Å². The molecule has 30 heavy (non-hydrogen) atoms. The minimum Gasteiger partial charge on any atom is -0.444 e. The Balaban J connectivity index is 1.55. The quantitative estimate of drug-likeness (QED) is 0.648. The maximum Gasteiger partial charge on any atom is 0.414 e. The van der Waals surface area contributed by atoms with E-state index in [0.717, 1.165) is 9.87 Å². The normalized spacial score (nSPS) is 18.3. The molecule has 0 spiro atoms. The Morgan fingerprint density at radius 3 is 2.37 bits per heavy atom. The van der Waals surface area contributed by atoms with E-state index in [2.05, 4.69) is 0 Å². The summed E-state index contributed by atoms with van der Waals surface area (Å²) >= 11 is 5.99. The Labute approximate surface area is 175 Å². The Bertz CT molecular complexity index is 1120. The van der Waals surface area contributed by atoms with Crippen molar-refractivity contribution < 1.29 is 31.1 Å². The fraction of sp³-hybridized carbons (Fsp3) is 0.316. The van der Waals surface area contributed by atoms with Crippen LogP contribution in [-0.4, -0.2) is 37.9 Å². The largest absolute Gasteiger partial charge is 0.444 e. The van der Waals surface area contributed by atoms with Crippen molar-refractivity contribution in [1.29, 1.82) is 0 Å². The molecule has 0 unspecified atom stereocenters. The molecule has 0 bridgehead atoms. The number of benzene rings is 2. The predicted molar refractivity (Wildman–Crippen MR) is 102 cm³/mol. The van der Waals surface area contributed by atoms with Gasteiger partial charge < -0.3 is 4.74 Å². The molecule has 2 heterocycles. The third-order valence-corrected chi connectivity index (χ3v) is 7.38. The van der Waals surface area contributed by atoms with Crippen LogP contribution in [0.3, 0.4) is 0 Å². The van der Waals surface area contributed by atoms with E-state index in [1.54, 1.807) is 18.2 Å². The number of ether oxygens (including phenoxy) is 1. The first-order valence-corrected chi connectivity index (χ1v) is 10.9. The molecule has 6 nitrogen and oxygen atoms in total. The van der Waals surface area contributed by atoms with Crippen molar-refractivity contribution in [2.24, 2.45) is 0 Å². The highest BCUT2D eigenvalue weighted by Crippen LogP contribution is 2.34. The van der Waals surface area contributed by atoms with Crippen LogP contribution >= 0.6 is 11.6 Å². The molecule has 0 radical (unpaired) electrons. The molecule has 0 atom stereocenters. The van der Waals surface area contributed by atoms with E-state index in [4.69, 9.17) is 16.3 Å². The predicted octanol–water partition coefficient (Wildman–Crippen LogP) is 4.07. The number of hydrogen-bond donors (Lipinski definition) is 0. The number of hydrogen-bond acceptors (Lipinski definition) is 4. The second-order valence-corrected chi connectivity index (χ2v) is 9.37. The van der Waals surface area contributed by atoms with Crippen LogP contribution in [0.2, 0.25) is 5.02 Å². The summed E-state index contributed by atoms with van der Waals surface area (Å²) in [5, 5.41) is 0.501. The van der Waals surface area contributed by atoms with Gasteiger partial charge in [0.2, 0.25) is 10.0 Å². The van der Waals surface area contributed by atoms with Crippen LogP contribution in [0, 0.1) is 17.5 Å². The van der Waals surface area contributed by atoms with Crippen LogP contribution in [0.25, 0.3) is 0 Å². The number of sulfonamides is 1. The lowest BCUT2D eigenvalue weighted by Gasteiger charge is -2.39. The molecule has 11 heteroatoms. The number of nitrogens with zero attached hydrogens (tertiary/aromatic N) is 2. The molecular formula is C19H16ClF3N2O4S. The lowest BCUT2D eigenvalue weighted by Crippen LogP contribution is -2.50. The van der Waals surface area contributed by atoms with Gasteiger partial charge in [0.1, 0.15) is 17.3 Å². The molecule has 0 aromatic heterocycles. The molecule has 2 aromatic carbocycles. The van der Waals surface area contributed by atoms with Crippen LogP contribution in [0.15, 0.2) is 35.2 Å². The van der Waals surface area contributed by atoms with Gasteiger partial charge in [-0.3, -0.25) is 4.90 Å². The van der Waals surface area contributed by atoms with Gasteiger partial charge in [-0.25, -0.2) is 26.4 Å². The zero-order chi connectivity index (χ0) is 21.6. The SMILES string of the molecule is O=C1OCc2cc(Cl)ccc2N1C1CCN(S(=O)(=O)c2cc(F)c(F)cc2F)CC1. The van der Waals surface area contributed by atoms with E-state index in [-0.39, 0.29) is 44.6 Å². The van der Waals surface area contributed by atoms with Gasteiger partial charge in [-0.15, -0.1) is 0 Å². The summed E-state index contributed by atoms with van der Waals surface area (Å²) in [4.78, 5) is 12.9. The zero-order valence-electron chi connectivity index (χ0n) is 15.4. The molecule has 0 N–H and O–H groups in total. The molecule has 1 fully saturated rings. The molecule has 4 rings (SSSR count). The first-order chi connectivity index (χ1) is 14.2. The number of piperidine rings is 1. The van der Waals surface area contributed by atoms with Crippen molar-refractivity contribution in [3.63, 3.8) is 0 Å². The summed E-state index contributed by atoms with van der Waals surface area (Å²) in [7, 11) is -4.37. The van der Waals surface area contributed by atoms with Crippen LogP contribution in [0.4, 0.5) is 23.7 Å². The Hall–Kier alpha value is -2.30. The van der Waals surface area contributed by atoms with E-state index in [1.807, 2.05) is 0 Å². The average Bonchev–Trinajstić information content (AvgIpc) is 2.71. The van der Waals surface area contributed by atoms with Crippen LogP contribution in [-0.2, 0) is 21.4 Å². The number of carbonyl (C=O) groups excluding carboxylic acids is 1. The summed E-state index contributed by atoms with van der Waals surface area (Å²) in [6.45, 7) is 0.0319. The van der Waals surface area contributed by atoms with Crippen molar-refractivity contribution in [3.8, 4) is 0 Å². The summed E-state index contributed by atoms with van der Waals surface area (Å²) < 4.78 is 72.3. The van der Waals surface area contributed by atoms with Gasteiger partial charge in [0.05, 0.1) is 5.69 Å². The number of rotatable bonds is 3. The van der Waals surface area contributed by atoms with E-state index in [9.17, 15) is 26.4 Å². The lowest BCUT2D eigenvalue weighted by atomic mass is 10.0. The third kappa shape index (κ3) is 3.63. The number of carbonyl (C=O) groups is 1. The Morgan fingerprint density at radius 2 is 1.67 bits per heavy atom. The molecule has 0 saturated carbocycles. The van der Waals surface area contributed by atoms with E-state index < -0.39 is 38.5 Å². The molecule has 0 aliphatic carbocycles. The molecular weight excluding hydrogens is 445 g/mol. The fourth-order valence-electron chi connectivity index (χ4n) is 3.74. The number of anilines is 1. The van der Waals surface area contributed by atoms with Gasteiger partial charge in [-0.1, -0.05) is 11.6 Å². The molecule has 1 amide bonds. The molecule has 1 saturated heterocycles. The van der Waals surface area contributed by atoms with E-state index in [1.165, 1.54) is 4.90 Å². The second kappa shape index (κ2) is 7.75. The smallest absolute Gasteiger partial charge is 0.414 e. The van der Waals surface area contributed by atoms with Crippen LogP contribution in [0.5, 0.6) is 0 Å². The fourth-order valence-corrected chi connectivity index (χ4v) is 5.46. The topological polar surface area (TPSA) is 66.9 Å². The number of cyclic esters (lactones) is 1. The summed E-state index contributed by atoms with van der Waals surface area (Å²) in [5.41, 5.74) is 1.38. The van der Waals surface area contributed by atoms with Gasteiger partial charge in [-0.05, 0) is 37.1 Å². The van der Waals surface area contributed by atoms with Crippen molar-refractivity contribution in [1.82, 2.24) is 4.31 Å². The maximum absolute atomic E-state index is 14.0. The second-order valence-electron chi connectivity index (χ2n) is 7.03. The summed E-state index contributed by atoms with van der Waals surface area (Å²) in [5.74, 6) is -4.27. The van der Waals surface area contributed by atoms with E-state index in [0.29, 0.717) is 16.8 Å². The average molecular weight is 461 g/mol. The van der Waals surface area contributed by atoms with Gasteiger partial charge in [0, 0.05) is 35.8 Å². The summed E-state index contributed by atoms with van der Waals surface area (Å²) in [6, 6.07) is 5.25. The van der Waals surface area contributed by atoms with E-state index >= 15 is 0 Å². The highest BCUT2D eigenvalue weighted by molar-refractivity contribution is 7.89. The zero-order valence-corrected chi connectivity index (χ0v) is 17.0. The monoisotopic (exact) mass is 460 g/mol. The van der Waals surface area contributed by atoms with Gasteiger partial charge >= 0.3 is 6.09 Å². The minimum absolute atomic E-state index is 0.0296. The maximum atomic E-state index is 14.0. The standard InChI is InChI=1S/C19H16ClF3N2O4S/c20-12-1-2-17-11(7-12)10-29-19(26)25(17)13-3-5-24(6-4-13)30(27,28)18-9-15(22)14(21)8-16(18)23/h1-2,7-9,13H,3-6,10H2. The highest BCUT2D eigenvalue weighted by Gasteiger charge is 2.38. The Kier molecular flexibility index (Phi) is 5.41.